The summed E-state index contributed by atoms with van der Waals surface area (Å²) in [6.07, 6.45) is -1.13. The van der Waals surface area contributed by atoms with E-state index in [-0.39, 0.29) is 29.3 Å². The molecule has 0 spiro atoms. The molecule has 15 heteroatoms. The predicted octanol–water partition coefficient (Wildman–Crippen LogP) is 5.17. The zero-order valence-electron chi connectivity index (χ0n) is 23.9. The Kier molecular flexibility index (Phi) is 7.85. The van der Waals surface area contributed by atoms with Crippen LogP contribution in [0.4, 0.5) is 40.7 Å². The summed E-state index contributed by atoms with van der Waals surface area (Å²) >= 11 is 0. The van der Waals surface area contributed by atoms with Gasteiger partial charge in [-0.1, -0.05) is 0 Å². The number of piperidine rings is 1. The van der Waals surface area contributed by atoms with E-state index < -0.39 is 43.5 Å². The van der Waals surface area contributed by atoms with Crippen molar-refractivity contribution in [2.24, 2.45) is 7.05 Å². The van der Waals surface area contributed by atoms with E-state index >= 15 is 4.39 Å². The Labute approximate surface area is 241 Å². The van der Waals surface area contributed by atoms with Gasteiger partial charge >= 0.3 is 6.18 Å². The van der Waals surface area contributed by atoms with Gasteiger partial charge in [0.25, 0.3) is 0 Å². The first-order valence-electron chi connectivity index (χ1n) is 13.6. The standard InChI is InChI=1S/C27H33F4N7O3S/c1-14(2)42(39,40)25-21(13-38(5)36-25)33-24-18(27(29,30)31)12-32-26(35-24)34-20-11-19(28)22(16-6-8-37(4)9-7-16)17-10-15(3)41-23(17)20/h11-16H,6-10H2,1-5H3,(H2,32,33,34,35). The summed E-state index contributed by atoms with van der Waals surface area (Å²) in [7, 11) is -0.462. The number of sulfone groups is 1. The molecule has 0 saturated carbocycles. The minimum atomic E-state index is -4.86. The molecular formula is C27H33F4N7O3S. The second-order valence-electron chi connectivity index (χ2n) is 11.2. The highest BCUT2D eigenvalue weighted by Crippen LogP contribution is 2.45. The van der Waals surface area contributed by atoms with Gasteiger partial charge in [-0.3, -0.25) is 4.68 Å². The van der Waals surface area contributed by atoms with Gasteiger partial charge in [-0.25, -0.2) is 17.8 Å². The first-order chi connectivity index (χ1) is 19.6. The van der Waals surface area contributed by atoms with Crippen LogP contribution >= 0.6 is 0 Å². The molecule has 2 aromatic heterocycles. The molecule has 42 heavy (non-hydrogen) atoms. The molecular weight excluding hydrogens is 578 g/mol. The summed E-state index contributed by atoms with van der Waals surface area (Å²) in [4.78, 5) is 10.1. The summed E-state index contributed by atoms with van der Waals surface area (Å²) in [5.41, 5.74) is 0.165. The zero-order chi connectivity index (χ0) is 30.6. The number of ether oxygens (including phenoxy) is 1. The Hall–Kier alpha value is -3.46. The number of nitrogens with one attached hydrogen (secondary N) is 2. The van der Waals surface area contributed by atoms with Gasteiger partial charge in [-0.15, -0.1) is 0 Å². The average molecular weight is 612 g/mol. The molecule has 0 radical (unpaired) electrons. The van der Waals surface area contributed by atoms with Crippen LogP contribution in [-0.2, 0) is 29.5 Å². The topological polar surface area (TPSA) is 114 Å². The van der Waals surface area contributed by atoms with Crippen molar-refractivity contribution in [1.82, 2.24) is 24.6 Å². The van der Waals surface area contributed by atoms with Gasteiger partial charge < -0.3 is 20.3 Å². The number of anilines is 4. The minimum absolute atomic E-state index is 0.0341. The highest BCUT2D eigenvalue weighted by atomic mass is 32.2. The number of likely N-dealkylation sites (tertiary alicyclic amines) is 1. The molecule has 5 rings (SSSR count). The summed E-state index contributed by atoms with van der Waals surface area (Å²) in [6, 6.07) is 1.27. The Morgan fingerprint density at radius 3 is 2.45 bits per heavy atom. The monoisotopic (exact) mass is 611 g/mol. The summed E-state index contributed by atoms with van der Waals surface area (Å²) in [6.45, 7) is 6.46. The molecule has 1 aromatic carbocycles. The van der Waals surface area contributed by atoms with Crippen LogP contribution in [0.5, 0.6) is 5.75 Å². The molecule has 1 saturated heterocycles. The number of aryl methyl sites for hydroxylation is 1. The molecule has 228 valence electrons. The van der Waals surface area contributed by atoms with E-state index in [0.717, 1.165) is 31.5 Å². The molecule has 1 atom stereocenters. The van der Waals surface area contributed by atoms with Crippen molar-refractivity contribution in [3.63, 3.8) is 0 Å². The van der Waals surface area contributed by atoms with Crippen molar-refractivity contribution in [2.45, 2.75) is 68.5 Å². The normalized spacial score (nSPS) is 18.3. The van der Waals surface area contributed by atoms with E-state index in [0.29, 0.717) is 23.9 Å². The number of benzene rings is 1. The molecule has 2 aliphatic heterocycles. The van der Waals surface area contributed by atoms with Crippen molar-refractivity contribution < 1.29 is 30.7 Å². The number of nitrogens with zero attached hydrogens (tertiary/aromatic N) is 5. The smallest absolute Gasteiger partial charge is 0.421 e. The van der Waals surface area contributed by atoms with Crippen molar-refractivity contribution in [2.75, 3.05) is 30.8 Å². The van der Waals surface area contributed by atoms with Gasteiger partial charge in [0.2, 0.25) is 20.8 Å². The van der Waals surface area contributed by atoms with E-state index in [1.165, 1.54) is 37.8 Å². The summed E-state index contributed by atoms with van der Waals surface area (Å²) in [5, 5.41) is 8.01. The zero-order valence-corrected chi connectivity index (χ0v) is 24.7. The second-order valence-corrected chi connectivity index (χ2v) is 13.6. The van der Waals surface area contributed by atoms with Crippen LogP contribution in [0.2, 0.25) is 0 Å². The largest absolute Gasteiger partial charge is 0.488 e. The van der Waals surface area contributed by atoms with Crippen molar-refractivity contribution >= 4 is 33.0 Å². The number of fused-ring (bicyclic) bond motifs is 1. The molecule has 0 bridgehead atoms. The van der Waals surface area contributed by atoms with E-state index in [2.05, 4.69) is 30.6 Å². The van der Waals surface area contributed by atoms with Crippen molar-refractivity contribution in [1.29, 1.82) is 0 Å². The van der Waals surface area contributed by atoms with Crippen LogP contribution in [-0.4, -0.2) is 64.6 Å². The average Bonchev–Trinajstić information content (AvgIpc) is 3.46. The van der Waals surface area contributed by atoms with Crippen LogP contribution in [0.3, 0.4) is 0 Å². The molecule has 0 amide bonds. The number of aromatic nitrogens is 4. The lowest BCUT2D eigenvalue weighted by Gasteiger charge is -2.30. The minimum Gasteiger partial charge on any atom is -0.488 e. The number of hydrogen-bond acceptors (Lipinski definition) is 9. The van der Waals surface area contributed by atoms with Crippen LogP contribution in [0.25, 0.3) is 0 Å². The highest BCUT2D eigenvalue weighted by molar-refractivity contribution is 7.92. The third-order valence-corrected chi connectivity index (χ3v) is 9.67. The Morgan fingerprint density at radius 2 is 1.81 bits per heavy atom. The number of halogens is 4. The van der Waals surface area contributed by atoms with Gasteiger partial charge in [0.1, 0.15) is 29.1 Å². The molecule has 10 nitrogen and oxygen atoms in total. The maximum absolute atomic E-state index is 15.7. The van der Waals surface area contributed by atoms with Gasteiger partial charge in [0, 0.05) is 37.5 Å². The molecule has 0 aliphatic carbocycles. The molecule has 1 fully saturated rings. The summed E-state index contributed by atoms with van der Waals surface area (Å²) < 4.78 is 90.4. The molecule has 2 N–H and O–H groups in total. The molecule has 4 heterocycles. The lowest BCUT2D eigenvalue weighted by Crippen LogP contribution is -2.30. The van der Waals surface area contributed by atoms with Crippen LogP contribution < -0.4 is 15.4 Å². The van der Waals surface area contributed by atoms with Gasteiger partial charge in [0.05, 0.1) is 16.6 Å². The van der Waals surface area contributed by atoms with E-state index in [9.17, 15) is 21.6 Å². The first-order valence-corrected chi connectivity index (χ1v) is 15.2. The van der Waals surface area contributed by atoms with Gasteiger partial charge in [-0.2, -0.15) is 23.3 Å². The van der Waals surface area contributed by atoms with Crippen molar-refractivity contribution in [3.8, 4) is 5.75 Å². The van der Waals surface area contributed by atoms with E-state index in [4.69, 9.17) is 4.74 Å². The van der Waals surface area contributed by atoms with Crippen LogP contribution in [0.15, 0.2) is 23.5 Å². The van der Waals surface area contributed by atoms with E-state index in [1.54, 1.807) is 0 Å². The predicted molar refractivity (Wildman–Crippen MR) is 149 cm³/mol. The maximum atomic E-state index is 15.7. The summed E-state index contributed by atoms with van der Waals surface area (Å²) in [5.74, 6) is -0.921. The SMILES string of the molecule is CC1Cc2c(c(Nc3ncc(C(F)(F)F)c(Nc4cn(C)nc4S(=O)(=O)C(C)C)n3)cc(F)c2C2CCN(C)CC2)O1. The molecule has 2 aliphatic rings. The first kappa shape index (κ1) is 30.0. The van der Waals surface area contributed by atoms with Crippen LogP contribution in [0.1, 0.15) is 56.2 Å². The van der Waals surface area contributed by atoms with E-state index in [1.807, 2.05) is 14.0 Å². The fourth-order valence-electron chi connectivity index (χ4n) is 5.38. The Balaban J connectivity index is 1.53. The third kappa shape index (κ3) is 5.76. The highest BCUT2D eigenvalue weighted by Gasteiger charge is 2.37. The lowest BCUT2D eigenvalue weighted by molar-refractivity contribution is -0.137. The Morgan fingerprint density at radius 1 is 1.12 bits per heavy atom. The molecule has 1 unspecified atom stereocenters. The van der Waals surface area contributed by atoms with Crippen molar-refractivity contribution in [3.05, 3.63) is 41.0 Å². The fraction of sp³-hybridized carbons (Fsp3) is 0.519. The quantitative estimate of drug-likeness (QED) is 0.349. The third-order valence-electron chi connectivity index (χ3n) is 7.59. The maximum Gasteiger partial charge on any atom is 0.421 e. The Bertz CT molecular complexity index is 1600. The van der Waals surface area contributed by atoms with Gasteiger partial charge in [-0.05, 0) is 65.2 Å². The fourth-order valence-corrected chi connectivity index (χ4v) is 6.48. The molecule has 3 aromatic rings. The lowest BCUT2D eigenvalue weighted by atomic mass is 9.84. The number of hydrogen-bond donors (Lipinski definition) is 2. The number of rotatable bonds is 7. The second kappa shape index (κ2) is 11.0. The number of alkyl halides is 3. The van der Waals surface area contributed by atoms with Crippen LogP contribution in [0, 0.1) is 5.82 Å². The van der Waals surface area contributed by atoms with Gasteiger partial charge in [0.15, 0.2) is 0 Å².